The molecule has 0 radical (unpaired) electrons. The molecule has 1 aliphatic heterocycles. The van der Waals surface area contributed by atoms with Crippen LogP contribution >= 0.6 is 0 Å². The average Bonchev–Trinajstić information content (AvgIpc) is 2.33. The van der Waals surface area contributed by atoms with Crippen molar-refractivity contribution in [3.63, 3.8) is 0 Å². The summed E-state index contributed by atoms with van der Waals surface area (Å²) >= 11 is 0. The van der Waals surface area contributed by atoms with Gasteiger partial charge >= 0.3 is 0 Å². The number of anilines is 1. The fourth-order valence-corrected chi connectivity index (χ4v) is 2.40. The van der Waals surface area contributed by atoms with Gasteiger partial charge in [-0.2, -0.15) is 0 Å². The standard InChI is InChI=1S/C14H19NO2/c1-11-7-8-12-5-3-4-6-14(12)15(11)9-13(16)10-17-2/h3-6,11H,7-10H2,1-2H3. The van der Waals surface area contributed by atoms with Crippen molar-refractivity contribution in [2.75, 3.05) is 25.2 Å². The number of carbonyl (C=O) groups is 1. The number of hydrogen-bond acceptors (Lipinski definition) is 3. The van der Waals surface area contributed by atoms with Crippen LogP contribution in [-0.4, -0.2) is 32.1 Å². The van der Waals surface area contributed by atoms with Crippen molar-refractivity contribution >= 4 is 11.5 Å². The van der Waals surface area contributed by atoms with E-state index in [0.29, 0.717) is 12.6 Å². The van der Waals surface area contributed by atoms with Crippen molar-refractivity contribution in [2.24, 2.45) is 0 Å². The zero-order valence-corrected chi connectivity index (χ0v) is 10.5. The van der Waals surface area contributed by atoms with E-state index in [9.17, 15) is 4.79 Å². The number of hydrogen-bond donors (Lipinski definition) is 0. The fraction of sp³-hybridized carbons (Fsp3) is 0.500. The molecule has 0 spiro atoms. The third-order valence-electron chi connectivity index (χ3n) is 3.32. The van der Waals surface area contributed by atoms with Crippen LogP contribution in [0.25, 0.3) is 0 Å². The molecular formula is C14H19NO2. The van der Waals surface area contributed by atoms with Crippen molar-refractivity contribution in [2.45, 2.75) is 25.8 Å². The van der Waals surface area contributed by atoms with Gasteiger partial charge in [0.05, 0.1) is 6.54 Å². The predicted octanol–water partition coefficient (Wildman–Crippen LogP) is 2.04. The summed E-state index contributed by atoms with van der Waals surface area (Å²) in [6.07, 6.45) is 2.21. The zero-order chi connectivity index (χ0) is 12.3. The number of methoxy groups -OCH3 is 1. The minimum Gasteiger partial charge on any atom is -0.377 e. The lowest BCUT2D eigenvalue weighted by molar-refractivity contribution is -0.121. The van der Waals surface area contributed by atoms with E-state index in [2.05, 4.69) is 30.0 Å². The molecule has 1 unspecified atom stereocenters. The minimum absolute atomic E-state index is 0.135. The van der Waals surface area contributed by atoms with E-state index in [4.69, 9.17) is 4.74 Å². The summed E-state index contributed by atoms with van der Waals surface area (Å²) in [5.74, 6) is 0.135. The van der Waals surface area contributed by atoms with Crippen LogP contribution in [0.5, 0.6) is 0 Å². The molecule has 0 aromatic heterocycles. The maximum absolute atomic E-state index is 11.7. The summed E-state index contributed by atoms with van der Waals surface area (Å²) in [4.78, 5) is 13.9. The highest BCUT2D eigenvalue weighted by Crippen LogP contribution is 2.29. The third-order valence-corrected chi connectivity index (χ3v) is 3.32. The van der Waals surface area contributed by atoms with Crippen LogP contribution in [0, 0.1) is 0 Å². The lowest BCUT2D eigenvalue weighted by Crippen LogP contribution is -2.41. The Bertz CT molecular complexity index is 403. The number of aryl methyl sites for hydroxylation is 1. The Morgan fingerprint density at radius 3 is 3.00 bits per heavy atom. The van der Waals surface area contributed by atoms with E-state index in [1.165, 1.54) is 11.3 Å². The first kappa shape index (κ1) is 12.1. The van der Waals surface area contributed by atoms with Crippen LogP contribution < -0.4 is 4.90 Å². The molecule has 0 fully saturated rings. The molecule has 0 saturated carbocycles. The number of Topliss-reactive ketones (excluding diaryl/α,β-unsaturated/α-hetero) is 1. The van der Waals surface area contributed by atoms with Crippen molar-refractivity contribution in [3.8, 4) is 0 Å². The number of ketones is 1. The highest BCUT2D eigenvalue weighted by Gasteiger charge is 2.24. The Morgan fingerprint density at radius 1 is 1.47 bits per heavy atom. The zero-order valence-electron chi connectivity index (χ0n) is 10.5. The molecule has 3 heteroatoms. The van der Waals surface area contributed by atoms with Gasteiger partial charge in [0.2, 0.25) is 0 Å². The largest absolute Gasteiger partial charge is 0.377 e. The van der Waals surface area contributed by atoms with Crippen molar-refractivity contribution in [1.82, 2.24) is 0 Å². The van der Waals surface area contributed by atoms with E-state index in [1.807, 2.05) is 6.07 Å². The van der Waals surface area contributed by atoms with Crippen LogP contribution in [-0.2, 0) is 16.0 Å². The van der Waals surface area contributed by atoms with Crippen molar-refractivity contribution < 1.29 is 9.53 Å². The molecule has 0 amide bonds. The summed E-state index contributed by atoms with van der Waals surface area (Å²) in [6, 6.07) is 8.76. The van der Waals surface area contributed by atoms with Crippen LogP contribution in [0.1, 0.15) is 18.9 Å². The second kappa shape index (κ2) is 5.32. The van der Waals surface area contributed by atoms with Gasteiger partial charge in [-0.3, -0.25) is 4.79 Å². The molecule has 0 saturated heterocycles. The number of carbonyl (C=O) groups excluding carboxylic acids is 1. The molecule has 1 heterocycles. The van der Waals surface area contributed by atoms with Gasteiger partial charge in [0.25, 0.3) is 0 Å². The average molecular weight is 233 g/mol. The second-order valence-corrected chi connectivity index (χ2v) is 4.62. The minimum atomic E-state index is 0.135. The number of benzene rings is 1. The highest BCUT2D eigenvalue weighted by atomic mass is 16.5. The van der Waals surface area contributed by atoms with E-state index in [-0.39, 0.29) is 12.4 Å². The van der Waals surface area contributed by atoms with E-state index in [0.717, 1.165) is 12.8 Å². The number of ether oxygens (including phenoxy) is 1. The quantitative estimate of drug-likeness (QED) is 0.797. The van der Waals surface area contributed by atoms with Gasteiger partial charge in [-0.05, 0) is 31.4 Å². The molecule has 17 heavy (non-hydrogen) atoms. The Morgan fingerprint density at radius 2 is 2.24 bits per heavy atom. The molecule has 0 N–H and O–H groups in total. The highest BCUT2D eigenvalue weighted by molar-refractivity contribution is 5.85. The third kappa shape index (κ3) is 2.67. The maximum Gasteiger partial charge on any atom is 0.177 e. The second-order valence-electron chi connectivity index (χ2n) is 4.62. The summed E-state index contributed by atoms with van der Waals surface area (Å²) in [7, 11) is 1.56. The van der Waals surface area contributed by atoms with Crippen LogP contribution in [0.3, 0.4) is 0 Å². The summed E-state index contributed by atoms with van der Waals surface area (Å²) in [5.41, 5.74) is 2.55. The van der Waals surface area contributed by atoms with Crippen molar-refractivity contribution in [1.29, 1.82) is 0 Å². The van der Waals surface area contributed by atoms with Gasteiger partial charge in [-0.1, -0.05) is 18.2 Å². The van der Waals surface area contributed by atoms with Gasteiger partial charge in [0, 0.05) is 18.8 Å². The molecule has 92 valence electrons. The molecule has 1 aromatic rings. The van der Waals surface area contributed by atoms with E-state index >= 15 is 0 Å². The van der Waals surface area contributed by atoms with Crippen LogP contribution in [0.15, 0.2) is 24.3 Å². The number of para-hydroxylation sites is 1. The molecular weight excluding hydrogens is 214 g/mol. The molecule has 0 aliphatic carbocycles. The first-order valence-corrected chi connectivity index (χ1v) is 6.07. The maximum atomic E-state index is 11.7. The summed E-state index contributed by atoms with van der Waals surface area (Å²) < 4.78 is 4.89. The summed E-state index contributed by atoms with van der Waals surface area (Å²) in [5, 5.41) is 0. The van der Waals surface area contributed by atoms with Gasteiger partial charge in [0.1, 0.15) is 6.61 Å². The molecule has 1 aromatic carbocycles. The molecule has 2 rings (SSSR count). The molecule has 0 bridgehead atoms. The smallest absolute Gasteiger partial charge is 0.177 e. The Balaban J connectivity index is 2.18. The van der Waals surface area contributed by atoms with Gasteiger partial charge < -0.3 is 9.64 Å². The van der Waals surface area contributed by atoms with Crippen molar-refractivity contribution in [3.05, 3.63) is 29.8 Å². The fourth-order valence-electron chi connectivity index (χ4n) is 2.40. The first-order chi connectivity index (χ1) is 8.22. The Labute approximate surface area is 102 Å². The number of rotatable bonds is 4. The molecule has 1 atom stereocenters. The van der Waals surface area contributed by atoms with Crippen LogP contribution in [0.4, 0.5) is 5.69 Å². The van der Waals surface area contributed by atoms with Gasteiger partial charge in [-0.15, -0.1) is 0 Å². The van der Waals surface area contributed by atoms with Gasteiger partial charge in [-0.25, -0.2) is 0 Å². The van der Waals surface area contributed by atoms with E-state index in [1.54, 1.807) is 7.11 Å². The van der Waals surface area contributed by atoms with Crippen LogP contribution in [0.2, 0.25) is 0 Å². The number of nitrogens with zero attached hydrogens (tertiary/aromatic N) is 1. The van der Waals surface area contributed by atoms with E-state index < -0.39 is 0 Å². The normalized spacial score (nSPS) is 18.9. The lowest BCUT2D eigenvalue weighted by atomic mass is 9.96. The lowest BCUT2D eigenvalue weighted by Gasteiger charge is -2.36. The monoisotopic (exact) mass is 233 g/mol. The first-order valence-electron chi connectivity index (χ1n) is 6.07. The predicted molar refractivity (Wildman–Crippen MR) is 68.5 cm³/mol. The Hall–Kier alpha value is -1.35. The topological polar surface area (TPSA) is 29.5 Å². The molecule has 1 aliphatic rings. The SMILES string of the molecule is COCC(=O)CN1c2ccccc2CCC1C. The molecule has 3 nitrogen and oxygen atoms in total. The summed E-state index contributed by atoms with van der Waals surface area (Å²) in [6.45, 7) is 2.83. The van der Waals surface area contributed by atoms with Gasteiger partial charge in [0.15, 0.2) is 5.78 Å². The Kier molecular flexibility index (Phi) is 3.79. The number of fused-ring (bicyclic) bond motifs is 1.